The minimum Gasteiger partial charge on any atom is -0.424 e. The van der Waals surface area contributed by atoms with E-state index in [1.165, 1.54) is 24.5 Å². The molecule has 0 aliphatic rings. The molecule has 5 aromatic rings. The number of aryl methyl sites for hydroxylation is 1. The number of aromatic nitrogens is 3. The number of amides is 2. The number of hydrogen-bond donors (Lipinski definition) is 3. The molecule has 0 spiro atoms. The molecule has 42 heavy (non-hydrogen) atoms. The maximum atomic E-state index is 13.5. The third-order valence-electron chi connectivity index (χ3n) is 6.10. The number of rotatable bonds is 6. The van der Waals surface area contributed by atoms with Crippen molar-refractivity contribution in [1.82, 2.24) is 15.0 Å². The van der Waals surface area contributed by atoms with Crippen LogP contribution in [-0.4, -0.2) is 21.0 Å². The summed E-state index contributed by atoms with van der Waals surface area (Å²) in [5.74, 6) is 0.0464. The maximum Gasteiger partial charge on any atom is 0.416 e. The quantitative estimate of drug-likeness (QED) is 0.179. The molecule has 0 radical (unpaired) electrons. The third kappa shape index (κ3) is 6.61. The second-order valence-electron chi connectivity index (χ2n) is 9.17. The fraction of sp³-hybridized carbons (Fsp3) is 0.0667. The lowest BCUT2D eigenvalue weighted by atomic mass is 10.00. The van der Waals surface area contributed by atoms with Crippen LogP contribution in [0.1, 0.15) is 11.1 Å². The van der Waals surface area contributed by atoms with Gasteiger partial charge in [-0.15, -0.1) is 0 Å². The van der Waals surface area contributed by atoms with Gasteiger partial charge in [-0.05, 0) is 48.4 Å². The zero-order chi connectivity index (χ0) is 29.9. The Labute approximate surface area is 237 Å². The molecule has 8 nitrogen and oxygen atoms in total. The number of pyridine rings is 1. The van der Waals surface area contributed by atoms with Gasteiger partial charge in [-0.1, -0.05) is 48.0 Å². The van der Waals surface area contributed by atoms with Gasteiger partial charge in [0.05, 0.1) is 35.5 Å². The highest BCUT2D eigenvalue weighted by Gasteiger charge is 2.31. The van der Waals surface area contributed by atoms with Gasteiger partial charge in [0, 0.05) is 11.1 Å². The van der Waals surface area contributed by atoms with Gasteiger partial charge in [0.1, 0.15) is 17.4 Å². The zero-order valence-corrected chi connectivity index (χ0v) is 21.9. The monoisotopic (exact) mass is 574 g/mol. The molecule has 5 rings (SSSR count). The van der Waals surface area contributed by atoms with Crippen molar-refractivity contribution in [2.75, 3.05) is 16.4 Å². The van der Waals surface area contributed by atoms with Crippen LogP contribution in [0.5, 0.6) is 11.8 Å². The van der Waals surface area contributed by atoms with E-state index in [9.17, 15) is 22.4 Å². The van der Waals surface area contributed by atoms with Crippen molar-refractivity contribution < 1.29 is 27.1 Å². The number of alkyl halides is 3. The van der Waals surface area contributed by atoms with Crippen LogP contribution < -0.4 is 21.1 Å². The lowest BCUT2D eigenvalue weighted by molar-refractivity contribution is -0.137. The van der Waals surface area contributed by atoms with Crippen LogP contribution in [0.4, 0.5) is 39.5 Å². The van der Waals surface area contributed by atoms with Gasteiger partial charge in [-0.2, -0.15) is 13.2 Å². The van der Waals surface area contributed by atoms with Crippen molar-refractivity contribution in [2.24, 2.45) is 0 Å². The van der Waals surface area contributed by atoms with Crippen LogP contribution in [0.15, 0.2) is 91.4 Å². The second kappa shape index (κ2) is 11.5. The van der Waals surface area contributed by atoms with E-state index in [-0.39, 0.29) is 23.2 Å². The summed E-state index contributed by atoms with van der Waals surface area (Å²) < 4.78 is 59.3. The second-order valence-corrected chi connectivity index (χ2v) is 9.17. The van der Waals surface area contributed by atoms with E-state index in [1.807, 2.05) is 19.1 Å². The molecular weight excluding hydrogens is 552 g/mol. The molecule has 0 saturated carbocycles. The smallest absolute Gasteiger partial charge is 0.416 e. The fourth-order valence-electron chi connectivity index (χ4n) is 4.02. The van der Waals surface area contributed by atoms with Crippen LogP contribution in [0.3, 0.4) is 0 Å². The molecule has 0 saturated heterocycles. The predicted octanol–water partition coefficient (Wildman–Crippen LogP) is 7.69. The normalized spacial score (nSPS) is 11.2. The Balaban J connectivity index is 1.26. The predicted molar refractivity (Wildman–Crippen MR) is 150 cm³/mol. The SMILES string of the molecule is Cc1ccc(-c2ccc(C(F)(F)F)cc2NC(=O)Nc2cnc(Oc3ccc(-c4cc(F)cnc4N)cc3)nc2)cc1. The molecule has 0 bridgehead atoms. The standard InChI is InChI=1S/C30H22F4N6O2/c1-17-2-4-18(5-3-17)24-11-8-20(30(32,33)34)12-26(24)40-28(41)39-22-15-37-29(38-16-22)42-23-9-6-19(7-10-23)25-13-21(31)14-36-27(25)35/h2-16H,1H3,(H2,35,36)(H2,39,40,41). The number of nitrogens with one attached hydrogen (secondary N) is 2. The highest BCUT2D eigenvalue weighted by molar-refractivity contribution is 6.02. The molecule has 0 aliphatic carbocycles. The number of urea groups is 1. The average molecular weight is 575 g/mol. The van der Waals surface area contributed by atoms with E-state index >= 15 is 0 Å². The number of benzene rings is 3. The summed E-state index contributed by atoms with van der Waals surface area (Å²) in [5.41, 5.74) is 8.18. The minimum atomic E-state index is -4.59. The number of carbonyl (C=O) groups is 1. The lowest BCUT2D eigenvalue weighted by Crippen LogP contribution is -2.20. The largest absolute Gasteiger partial charge is 0.424 e. The van der Waals surface area contributed by atoms with Crippen LogP contribution in [0.25, 0.3) is 22.3 Å². The number of ether oxygens (including phenoxy) is 1. The highest BCUT2D eigenvalue weighted by Crippen LogP contribution is 2.36. The molecule has 0 atom stereocenters. The number of anilines is 3. The Morgan fingerprint density at radius 1 is 0.810 bits per heavy atom. The summed E-state index contributed by atoms with van der Waals surface area (Å²) >= 11 is 0. The van der Waals surface area contributed by atoms with Crippen molar-refractivity contribution in [3.05, 3.63) is 108 Å². The van der Waals surface area contributed by atoms with Gasteiger partial charge in [0.15, 0.2) is 0 Å². The summed E-state index contributed by atoms with van der Waals surface area (Å²) in [6.45, 7) is 1.89. The molecule has 2 amide bonds. The summed E-state index contributed by atoms with van der Waals surface area (Å²) in [5, 5.41) is 4.99. The van der Waals surface area contributed by atoms with E-state index in [0.29, 0.717) is 28.0 Å². The molecule has 2 aromatic heterocycles. The summed E-state index contributed by atoms with van der Waals surface area (Å²) in [6.07, 6.45) is -0.999. The van der Waals surface area contributed by atoms with Gasteiger partial charge in [0.25, 0.3) is 0 Å². The van der Waals surface area contributed by atoms with Crippen LogP contribution in [0, 0.1) is 12.7 Å². The average Bonchev–Trinajstić information content (AvgIpc) is 2.96. The van der Waals surface area contributed by atoms with Crippen LogP contribution in [0.2, 0.25) is 0 Å². The number of nitrogen functional groups attached to an aromatic ring is 1. The van der Waals surface area contributed by atoms with E-state index < -0.39 is 23.6 Å². The number of hydrogen-bond acceptors (Lipinski definition) is 6. The number of carbonyl (C=O) groups excluding carboxylic acids is 1. The van der Waals surface area contributed by atoms with Gasteiger partial charge in [-0.3, -0.25) is 0 Å². The first-order valence-corrected chi connectivity index (χ1v) is 12.4. The molecule has 3 aromatic carbocycles. The van der Waals surface area contributed by atoms with Crippen molar-refractivity contribution in [1.29, 1.82) is 0 Å². The molecule has 4 N–H and O–H groups in total. The van der Waals surface area contributed by atoms with Gasteiger partial charge < -0.3 is 21.1 Å². The topological polar surface area (TPSA) is 115 Å². The zero-order valence-electron chi connectivity index (χ0n) is 21.9. The summed E-state index contributed by atoms with van der Waals surface area (Å²) in [7, 11) is 0. The maximum absolute atomic E-state index is 13.5. The van der Waals surface area contributed by atoms with Crippen molar-refractivity contribution in [3.8, 4) is 34.0 Å². The summed E-state index contributed by atoms with van der Waals surface area (Å²) in [6, 6.07) is 17.3. The number of nitrogens with zero attached hydrogens (tertiary/aromatic N) is 3. The molecule has 0 aliphatic heterocycles. The van der Waals surface area contributed by atoms with E-state index in [2.05, 4.69) is 25.6 Å². The molecule has 0 unspecified atom stereocenters. The first kappa shape index (κ1) is 28.0. The molecule has 12 heteroatoms. The first-order chi connectivity index (χ1) is 20.0. The Hall–Kier alpha value is -5.52. The van der Waals surface area contributed by atoms with Crippen molar-refractivity contribution >= 4 is 23.2 Å². The van der Waals surface area contributed by atoms with Gasteiger partial charge in [0.2, 0.25) is 0 Å². The van der Waals surface area contributed by atoms with E-state index in [4.69, 9.17) is 10.5 Å². The minimum absolute atomic E-state index is 0.0220. The van der Waals surface area contributed by atoms with Crippen molar-refractivity contribution in [2.45, 2.75) is 13.1 Å². The Morgan fingerprint density at radius 3 is 2.12 bits per heavy atom. The third-order valence-corrected chi connectivity index (χ3v) is 6.10. The van der Waals surface area contributed by atoms with E-state index in [0.717, 1.165) is 23.9 Å². The molecule has 0 fully saturated rings. The van der Waals surface area contributed by atoms with Crippen LogP contribution in [-0.2, 0) is 6.18 Å². The number of halogens is 4. The summed E-state index contributed by atoms with van der Waals surface area (Å²) in [4.78, 5) is 24.6. The highest BCUT2D eigenvalue weighted by atomic mass is 19.4. The Bertz CT molecular complexity index is 1730. The Kier molecular flexibility index (Phi) is 7.69. The molecule has 2 heterocycles. The first-order valence-electron chi connectivity index (χ1n) is 12.4. The molecule has 212 valence electrons. The fourth-order valence-corrected chi connectivity index (χ4v) is 4.02. The number of nitrogens with two attached hydrogens (primary N) is 1. The Morgan fingerprint density at radius 2 is 1.45 bits per heavy atom. The van der Waals surface area contributed by atoms with Crippen molar-refractivity contribution in [3.63, 3.8) is 0 Å². The van der Waals surface area contributed by atoms with Crippen LogP contribution >= 0.6 is 0 Å². The lowest BCUT2D eigenvalue weighted by Gasteiger charge is -2.15. The van der Waals surface area contributed by atoms with Gasteiger partial charge >= 0.3 is 18.2 Å². The van der Waals surface area contributed by atoms with E-state index in [1.54, 1.807) is 36.4 Å². The van der Waals surface area contributed by atoms with Gasteiger partial charge in [-0.25, -0.2) is 24.1 Å². The molecular formula is C30H22F4N6O2.